The molecule has 46 valence electrons. The quantitative estimate of drug-likeness (QED) is 0.548. The topological polar surface area (TPSA) is 26.0 Å². The summed E-state index contributed by atoms with van der Waals surface area (Å²) in [5, 5.41) is 0. The summed E-state index contributed by atoms with van der Waals surface area (Å²) in [6.45, 7) is 6.35. The number of allylic oxidation sites excluding steroid dienone is 2. The van der Waals surface area contributed by atoms with Gasteiger partial charge in [0.1, 0.15) is 0 Å². The zero-order chi connectivity index (χ0) is 6.41. The average Bonchev–Trinajstić information content (AvgIpc) is 1.83. The summed E-state index contributed by atoms with van der Waals surface area (Å²) in [4.78, 5) is 0. The van der Waals surface area contributed by atoms with Gasteiger partial charge < -0.3 is 5.73 Å². The van der Waals surface area contributed by atoms with Gasteiger partial charge in [-0.3, -0.25) is 0 Å². The van der Waals surface area contributed by atoms with E-state index < -0.39 is 0 Å². The van der Waals surface area contributed by atoms with Gasteiger partial charge in [0.15, 0.2) is 0 Å². The molecule has 0 fully saturated rings. The summed E-state index contributed by atoms with van der Waals surface area (Å²) in [5.41, 5.74) is 6.46. The molecular weight excluding hydrogens is 98.1 g/mol. The van der Waals surface area contributed by atoms with Gasteiger partial charge in [0, 0.05) is 0 Å². The Balaban J connectivity index is 3.40. The van der Waals surface area contributed by atoms with Gasteiger partial charge in [-0.1, -0.05) is 24.3 Å². The third-order valence-electron chi connectivity index (χ3n) is 0.955. The fourth-order valence-corrected chi connectivity index (χ4v) is 0.394. The zero-order valence-corrected chi connectivity index (χ0v) is 5.35. The molecule has 0 aliphatic rings. The Kier molecular flexibility index (Phi) is 4.27. The molecule has 0 aromatic rings. The molecule has 1 nitrogen and oxygen atoms in total. The molecule has 0 aliphatic carbocycles. The first-order chi connectivity index (χ1) is 3.81. The van der Waals surface area contributed by atoms with Crippen LogP contribution in [0.2, 0.25) is 0 Å². The van der Waals surface area contributed by atoms with E-state index in [0.29, 0.717) is 0 Å². The summed E-state index contributed by atoms with van der Waals surface area (Å²) in [7, 11) is 0. The highest BCUT2D eigenvalue weighted by atomic mass is 14.5. The molecule has 0 atom stereocenters. The summed E-state index contributed by atoms with van der Waals surface area (Å²) in [6, 6.07) is 0. The van der Waals surface area contributed by atoms with Gasteiger partial charge >= 0.3 is 0 Å². The van der Waals surface area contributed by atoms with E-state index in [-0.39, 0.29) is 0 Å². The highest BCUT2D eigenvalue weighted by Crippen LogP contribution is 1.92. The van der Waals surface area contributed by atoms with Crippen molar-refractivity contribution in [3.05, 3.63) is 24.3 Å². The SMILES string of the molecule is C=C/C(C)=C\CCN. The molecule has 0 rings (SSSR count). The minimum Gasteiger partial charge on any atom is -0.330 e. The predicted molar refractivity (Wildman–Crippen MR) is 37.6 cm³/mol. The monoisotopic (exact) mass is 111 g/mol. The van der Waals surface area contributed by atoms with Crippen LogP contribution < -0.4 is 5.73 Å². The fourth-order valence-electron chi connectivity index (χ4n) is 0.394. The predicted octanol–water partition coefficient (Wildman–Crippen LogP) is 1.47. The van der Waals surface area contributed by atoms with Crippen molar-refractivity contribution >= 4 is 0 Å². The smallest absolute Gasteiger partial charge is 0.00424 e. The Hall–Kier alpha value is -0.560. The van der Waals surface area contributed by atoms with Gasteiger partial charge in [0.25, 0.3) is 0 Å². The largest absolute Gasteiger partial charge is 0.330 e. The standard InChI is InChI=1S/C7H13N/c1-3-7(2)5-4-6-8/h3,5H,1,4,6,8H2,2H3/b7-5-. The maximum Gasteiger partial charge on any atom is -0.00424 e. The zero-order valence-electron chi connectivity index (χ0n) is 5.35. The summed E-state index contributed by atoms with van der Waals surface area (Å²) < 4.78 is 0. The molecule has 0 bridgehead atoms. The Morgan fingerprint density at radius 2 is 2.38 bits per heavy atom. The van der Waals surface area contributed by atoms with Crippen molar-refractivity contribution in [1.82, 2.24) is 0 Å². The van der Waals surface area contributed by atoms with Gasteiger partial charge in [-0.15, -0.1) is 0 Å². The second-order valence-corrected chi connectivity index (χ2v) is 1.73. The van der Waals surface area contributed by atoms with Crippen molar-refractivity contribution in [3.8, 4) is 0 Å². The highest BCUT2D eigenvalue weighted by Gasteiger charge is 1.76. The number of hydrogen-bond donors (Lipinski definition) is 1. The Bertz CT molecular complexity index is 92.6. The molecular formula is C7H13N. The lowest BCUT2D eigenvalue weighted by Crippen LogP contribution is -1.95. The Morgan fingerprint density at radius 1 is 1.75 bits per heavy atom. The van der Waals surface area contributed by atoms with E-state index in [1.165, 1.54) is 5.57 Å². The molecule has 1 heteroatoms. The second-order valence-electron chi connectivity index (χ2n) is 1.73. The van der Waals surface area contributed by atoms with Crippen LogP contribution >= 0.6 is 0 Å². The summed E-state index contributed by atoms with van der Waals surface area (Å²) in [5.74, 6) is 0. The highest BCUT2D eigenvalue weighted by molar-refractivity contribution is 5.12. The summed E-state index contributed by atoms with van der Waals surface area (Å²) >= 11 is 0. The second kappa shape index (κ2) is 4.60. The van der Waals surface area contributed by atoms with Crippen molar-refractivity contribution in [3.63, 3.8) is 0 Å². The molecule has 0 aromatic carbocycles. The van der Waals surface area contributed by atoms with Crippen LogP contribution in [0.3, 0.4) is 0 Å². The van der Waals surface area contributed by atoms with E-state index in [9.17, 15) is 0 Å². The van der Waals surface area contributed by atoms with Gasteiger partial charge in [-0.2, -0.15) is 0 Å². The molecule has 8 heavy (non-hydrogen) atoms. The molecule has 0 radical (unpaired) electrons. The van der Waals surface area contributed by atoms with Gasteiger partial charge in [-0.05, 0) is 19.9 Å². The van der Waals surface area contributed by atoms with Crippen LogP contribution in [0.1, 0.15) is 13.3 Å². The maximum atomic E-state index is 5.25. The Labute approximate surface area is 50.9 Å². The number of rotatable bonds is 3. The van der Waals surface area contributed by atoms with Crippen molar-refractivity contribution in [2.45, 2.75) is 13.3 Å². The molecule has 0 amide bonds. The van der Waals surface area contributed by atoms with Crippen molar-refractivity contribution in [2.75, 3.05) is 6.54 Å². The Morgan fingerprint density at radius 3 is 2.75 bits per heavy atom. The molecule has 0 unspecified atom stereocenters. The van der Waals surface area contributed by atoms with E-state index in [0.717, 1.165) is 13.0 Å². The molecule has 0 saturated carbocycles. The lowest BCUT2D eigenvalue weighted by atomic mass is 10.2. The maximum absolute atomic E-state index is 5.25. The summed E-state index contributed by atoms with van der Waals surface area (Å²) in [6.07, 6.45) is 4.86. The van der Waals surface area contributed by atoms with Crippen LogP contribution in [0.4, 0.5) is 0 Å². The van der Waals surface area contributed by atoms with Crippen molar-refractivity contribution < 1.29 is 0 Å². The van der Waals surface area contributed by atoms with Crippen LogP contribution in [0.25, 0.3) is 0 Å². The minimum absolute atomic E-state index is 0.727. The van der Waals surface area contributed by atoms with E-state index in [1.54, 1.807) is 0 Å². The van der Waals surface area contributed by atoms with Crippen LogP contribution in [-0.2, 0) is 0 Å². The lowest BCUT2D eigenvalue weighted by molar-refractivity contribution is 1.00. The number of nitrogens with two attached hydrogens (primary N) is 1. The van der Waals surface area contributed by atoms with Gasteiger partial charge in [-0.25, -0.2) is 0 Å². The average molecular weight is 111 g/mol. The van der Waals surface area contributed by atoms with Crippen molar-refractivity contribution in [2.24, 2.45) is 5.73 Å². The van der Waals surface area contributed by atoms with E-state index in [2.05, 4.69) is 12.7 Å². The fraction of sp³-hybridized carbons (Fsp3) is 0.429. The van der Waals surface area contributed by atoms with Crippen LogP contribution in [-0.4, -0.2) is 6.54 Å². The van der Waals surface area contributed by atoms with Crippen LogP contribution in [0.15, 0.2) is 24.3 Å². The molecule has 0 spiro atoms. The molecule has 0 aliphatic heterocycles. The van der Waals surface area contributed by atoms with Crippen LogP contribution in [0, 0.1) is 0 Å². The normalized spacial score (nSPS) is 11.5. The van der Waals surface area contributed by atoms with Gasteiger partial charge in [0.2, 0.25) is 0 Å². The van der Waals surface area contributed by atoms with Gasteiger partial charge in [0.05, 0.1) is 0 Å². The third kappa shape index (κ3) is 3.62. The molecule has 0 saturated heterocycles. The molecule has 0 heterocycles. The molecule has 0 aromatic heterocycles. The molecule has 2 N–H and O–H groups in total. The first-order valence-corrected chi connectivity index (χ1v) is 2.80. The lowest BCUT2D eigenvalue weighted by Gasteiger charge is -1.87. The van der Waals surface area contributed by atoms with E-state index >= 15 is 0 Å². The van der Waals surface area contributed by atoms with Crippen molar-refractivity contribution in [1.29, 1.82) is 0 Å². The van der Waals surface area contributed by atoms with Crippen LogP contribution in [0.5, 0.6) is 0 Å². The number of hydrogen-bond acceptors (Lipinski definition) is 1. The van der Waals surface area contributed by atoms with E-state index in [1.807, 2.05) is 13.0 Å². The third-order valence-corrected chi connectivity index (χ3v) is 0.955. The first-order valence-electron chi connectivity index (χ1n) is 2.80. The first kappa shape index (κ1) is 7.44. The van der Waals surface area contributed by atoms with E-state index in [4.69, 9.17) is 5.73 Å². The minimum atomic E-state index is 0.727.